The van der Waals surface area contributed by atoms with Crippen molar-refractivity contribution in [2.24, 2.45) is 52.3 Å². The molecular weight excluding hydrogens is 340 g/mol. The van der Waals surface area contributed by atoms with Gasteiger partial charge in [0.15, 0.2) is 0 Å². The van der Waals surface area contributed by atoms with Crippen LogP contribution in [-0.2, 0) is 4.79 Å². The molecule has 4 aliphatic rings. The summed E-state index contributed by atoms with van der Waals surface area (Å²) in [6.07, 6.45) is 16.0. The van der Waals surface area contributed by atoms with Gasteiger partial charge in [-0.3, -0.25) is 4.79 Å². The number of carbonyl (C=O) groups is 1. The Labute approximate surface area is 174 Å². The molecule has 28 heavy (non-hydrogen) atoms. The molecule has 0 aliphatic heterocycles. The molecule has 0 aromatic heterocycles. The summed E-state index contributed by atoms with van der Waals surface area (Å²) >= 11 is 0. The van der Waals surface area contributed by atoms with Gasteiger partial charge in [0.2, 0.25) is 0 Å². The number of hydrogen-bond donors (Lipinski definition) is 0. The monoisotopic (exact) mass is 386 g/mol. The summed E-state index contributed by atoms with van der Waals surface area (Å²) in [5, 5.41) is 0. The van der Waals surface area contributed by atoms with Crippen molar-refractivity contribution in [2.75, 3.05) is 0 Å². The molecule has 0 spiro atoms. The quantitative estimate of drug-likeness (QED) is 0.473. The lowest BCUT2D eigenvalue weighted by atomic mass is 9.44. The lowest BCUT2D eigenvalue weighted by Gasteiger charge is -2.60. The second-order valence-corrected chi connectivity index (χ2v) is 12.3. The molecule has 4 rings (SSSR count). The molecule has 4 saturated carbocycles. The minimum Gasteiger partial charge on any atom is -0.299 e. The summed E-state index contributed by atoms with van der Waals surface area (Å²) in [5.41, 5.74) is 0.586. The number of fused-ring (bicyclic) bond motifs is 5. The zero-order valence-corrected chi connectivity index (χ0v) is 19.4. The minimum atomic E-state index is 0.0312. The zero-order chi connectivity index (χ0) is 20.1. The Morgan fingerprint density at radius 1 is 0.929 bits per heavy atom. The highest BCUT2D eigenvalue weighted by Gasteiger charge is 2.62. The molecule has 0 bridgehead atoms. The van der Waals surface area contributed by atoms with Crippen LogP contribution in [0.3, 0.4) is 0 Å². The molecule has 0 radical (unpaired) electrons. The van der Waals surface area contributed by atoms with Crippen LogP contribution in [0.2, 0.25) is 0 Å². The van der Waals surface area contributed by atoms with Gasteiger partial charge < -0.3 is 0 Å². The SMILES string of the molecule is CC(C)CCC[C@@H](C)[C@@H]1CC[C@@H]2[C@@H]3CC[C@H]4CCCC(=O)[C@]4(C)[C@H]3CC[C@]21C. The van der Waals surface area contributed by atoms with Gasteiger partial charge in [0, 0.05) is 11.8 Å². The van der Waals surface area contributed by atoms with Crippen LogP contribution in [-0.4, -0.2) is 5.78 Å². The number of Topliss-reactive ketones (excluding diaryl/α,β-unsaturated/α-hetero) is 1. The third-order valence-corrected chi connectivity index (χ3v) is 10.7. The average molecular weight is 387 g/mol. The van der Waals surface area contributed by atoms with Gasteiger partial charge in [0.1, 0.15) is 5.78 Å². The van der Waals surface area contributed by atoms with E-state index >= 15 is 0 Å². The predicted molar refractivity (Wildman–Crippen MR) is 118 cm³/mol. The Hall–Kier alpha value is -0.330. The Bertz CT molecular complexity index is 579. The lowest BCUT2D eigenvalue weighted by molar-refractivity contribution is -0.156. The molecule has 0 amide bonds. The third-order valence-electron chi connectivity index (χ3n) is 10.7. The Balaban J connectivity index is 1.49. The first kappa shape index (κ1) is 20.9. The molecule has 160 valence electrons. The Kier molecular flexibility index (Phi) is 5.78. The van der Waals surface area contributed by atoms with Gasteiger partial charge in [0.25, 0.3) is 0 Å². The van der Waals surface area contributed by atoms with Crippen molar-refractivity contribution in [3.05, 3.63) is 0 Å². The highest BCUT2D eigenvalue weighted by molar-refractivity contribution is 5.86. The summed E-state index contributed by atoms with van der Waals surface area (Å²) in [7, 11) is 0. The van der Waals surface area contributed by atoms with Crippen LogP contribution in [0.5, 0.6) is 0 Å². The van der Waals surface area contributed by atoms with E-state index in [1.165, 1.54) is 64.2 Å². The van der Waals surface area contributed by atoms with Gasteiger partial charge in [-0.15, -0.1) is 0 Å². The van der Waals surface area contributed by atoms with Crippen molar-refractivity contribution in [3.63, 3.8) is 0 Å². The van der Waals surface area contributed by atoms with E-state index in [1.807, 2.05) is 0 Å². The van der Waals surface area contributed by atoms with Gasteiger partial charge in [-0.05, 0) is 98.2 Å². The standard InChI is InChI=1S/C27H46O/c1-18(2)8-6-9-19(3)22-14-15-23-21-13-12-20-10-7-11-25(28)27(20,5)24(21)16-17-26(22,23)4/h18-24H,6-17H2,1-5H3/t19-,20-,21+,22+,23-,24+,26+,27+/m1/s1. The van der Waals surface area contributed by atoms with E-state index in [2.05, 4.69) is 34.6 Å². The largest absolute Gasteiger partial charge is 0.299 e. The minimum absolute atomic E-state index is 0.0312. The molecule has 0 heterocycles. The zero-order valence-electron chi connectivity index (χ0n) is 19.4. The topological polar surface area (TPSA) is 17.1 Å². The van der Waals surface area contributed by atoms with E-state index in [4.69, 9.17) is 0 Å². The van der Waals surface area contributed by atoms with Crippen LogP contribution in [0.4, 0.5) is 0 Å². The molecule has 0 saturated heterocycles. The summed E-state index contributed by atoms with van der Waals surface area (Å²) in [6.45, 7) is 12.4. The second kappa shape index (κ2) is 7.73. The molecule has 4 aliphatic carbocycles. The van der Waals surface area contributed by atoms with Crippen molar-refractivity contribution >= 4 is 5.78 Å². The van der Waals surface area contributed by atoms with E-state index in [0.717, 1.165) is 42.4 Å². The van der Waals surface area contributed by atoms with Gasteiger partial charge >= 0.3 is 0 Å². The van der Waals surface area contributed by atoms with Crippen LogP contribution in [0.25, 0.3) is 0 Å². The van der Waals surface area contributed by atoms with Crippen molar-refractivity contribution in [1.29, 1.82) is 0 Å². The van der Waals surface area contributed by atoms with Crippen LogP contribution < -0.4 is 0 Å². The smallest absolute Gasteiger partial charge is 0.139 e. The number of carbonyl (C=O) groups excluding carboxylic acids is 1. The van der Waals surface area contributed by atoms with Crippen LogP contribution in [0.15, 0.2) is 0 Å². The highest BCUT2D eigenvalue weighted by Crippen LogP contribution is 2.67. The maximum absolute atomic E-state index is 13.1. The van der Waals surface area contributed by atoms with Gasteiger partial charge in [-0.25, -0.2) is 0 Å². The maximum atomic E-state index is 13.1. The van der Waals surface area contributed by atoms with Crippen LogP contribution in [0.1, 0.15) is 112 Å². The normalized spacial score (nSPS) is 46.8. The number of rotatable bonds is 5. The predicted octanol–water partition coefficient (Wildman–Crippen LogP) is 7.68. The summed E-state index contributed by atoms with van der Waals surface area (Å²) in [6, 6.07) is 0. The van der Waals surface area contributed by atoms with Crippen molar-refractivity contribution < 1.29 is 4.79 Å². The Morgan fingerprint density at radius 2 is 1.71 bits per heavy atom. The van der Waals surface area contributed by atoms with Gasteiger partial charge in [-0.1, -0.05) is 53.9 Å². The van der Waals surface area contributed by atoms with Crippen molar-refractivity contribution in [2.45, 2.75) is 112 Å². The van der Waals surface area contributed by atoms with Gasteiger partial charge in [0.05, 0.1) is 0 Å². The summed E-state index contributed by atoms with van der Waals surface area (Å²) in [4.78, 5) is 13.1. The number of hydrogen-bond acceptors (Lipinski definition) is 1. The molecule has 0 aromatic carbocycles. The molecule has 1 nitrogen and oxygen atoms in total. The fraction of sp³-hybridized carbons (Fsp3) is 0.963. The Morgan fingerprint density at radius 3 is 2.46 bits per heavy atom. The van der Waals surface area contributed by atoms with Gasteiger partial charge in [-0.2, -0.15) is 0 Å². The van der Waals surface area contributed by atoms with Crippen LogP contribution >= 0.6 is 0 Å². The first-order chi connectivity index (χ1) is 13.3. The summed E-state index contributed by atoms with van der Waals surface area (Å²) in [5.74, 6) is 6.44. The van der Waals surface area contributed by atoms with E-state index in [9.17, 15) is 4.79 Å². The molecule has 0 unspecified atom stereocenters. The third kappa shape index (κ3) is 3.22. The molecule has 1 heteroatoms. The molecule has 4 fully saturated rings. The van der Waals surface area contributed by atoms with Crippen molar-refractivity contribution in [3.8, 4) is 0 Å². The molecule has 8 atom stereocenters. The first-order valence-corrected chi connectivity index (χ1v) is 12.8. The second-order valence-electron chi connectivity index (χ2n) is 12.3. The van der Waals surface area contributed by atoms with E-state index < -0.39 is 0 Å². The number of ketones is 1. The fourth-order valence-corrected chi connectivity index (χ4v) is 9.11. The average Bonchev–Trinajstić information content (AvgIpc) is 3.00. The molecule has 0 N–H and O–H groups in total. The van der Waals surface area contributed by atoms with E-state index in [-0.39, 0.29) is 5.41 Å². The van der Waals surface area contributed by atoms with Crippen molar-refractivity contribution in [1.82, 2.24) is 0 Å². The van der Waals surface area contributed by atoms with E-state index in [1.54, 1.807) is 0 Å². The highest BCUT2D eigenvalue weighted by atomic mass is 16.1. The van der Waals surface area contributed by atoms with Crippen LogP contribution in [0, 0.1) is 52.3 Å². The first-order valence-electron chi connectivity index (χ1n) is 12.8. The maximum Gasteiger partial charge on any atom is 0.139 e. The fourth-order valence-electron chi connectivity index (χ4n) is 9.11. The molecule has 0 aromatic rings. The lowest BCUT2D eigenvalue weighted by Crippen LogP contribution is -2.56. The molecular formula is C27H46O. The summed E-state index contributed by atoms with van der Waals surface area (Å²) < 4.78 is 0. The van der Waals surface area contributed by atoms with E-state index in [0.29, 0.717) is 23.0 Å².